The Morgan fingerprint density at radius 2 is 1.83 bits per heavy atom. The first kappa shape index (κ1) is 24.5. The molecule has 0 bridgehead atoms. The Bertz CT molecular complexity index is 1250. The fourth-order valence-corrected chi connectivity index (χ4v) is 6.42. The summed E-state index contributed by atoms with van der Waals surface area (Å²) < 4.78 is 18.7. The lowest BCUT2D eigenvalue weighted by Gasteiger charge is -2.25. The van der Waals surface area contributed by atoms with E-state index in [1.807, 2.05) is 36.4 Å². The summed E-state index contributed by atoms with van der Waals surface area (Å²) in [6, 6.07) is 19.3. The zero-order chi connectivity index (χ0) is 24.4. The van der Waals surface area contributed by atoms with Crippen LogP contribution in [0, 0.1) is 0 Å². The number of phenolic OH excluding ortho intramolecular Hbond substituents is 1. The lowest BCUT2D eigenvalue weighted by molar-refractivity contribution is 0.198. The van der Waals surface area contributed by atoms with Crippen LogP contribution < -0.4 is 4.74 Å². The molecule has 35 heavy (non-hydrogen) atoms. The number of hydrogen-bond acceptors (Lipinski definition) is 4. The first-order chi connectivity index (χ1) is 17.0. The number of ether oxygens (including phenoxy) is 1. The van der Waals surface area contributed by atoms with Crippen molar-refractivity contribution in [3.63, 3.8) is 0 Å². The largest absolute Gasteiger partial charge is 0.508 e. The maximum Gasteiger partial charge on any atom is 0.119 e. The molecule has 182 valence electrons. The monoisotopic (exact) mass is 529 g/mol. The summed E-state index contributed by atoms with van der Waals surface area (Å²) in [5, 5.41) is 11.3. The number of aromatic hydroxyl groups is 1. The lowest BCUT2D eigenvalue weighted by Crippen LogP contribution is -2.26. The molecule has 2 aliphatic heterocycles. The number of halogens is 3. The molecule has 0 spiro atoms. The van der Waals surface area contributed by atoms with Gasteiger partial charge in [-0.15, -0.1) is 11.8 Å². The summed E-state index contributed by atoms with van der Waals surface area (Å²) in [7, 11) is 0. The van der Waals surface area contributed by atoms with Gasteiger partial charge in [-0.25, -0.2) is 0 Å². The quantitative estimate of drug-likeness (QED) is 0.342. The van der Waals surface area contributed by atoms with Crippen molar-refractivity contribution in [2.45, 2.75) is 23.8 Å². The SMILES string of the molecule is Oc1ccc2c(c1)SCC(c1ccc(Cl)cc1Cl)=C2c1ccc(O[C@H]2CCN(CCCF)C2)cc1. The third kappa shape index (κ3) is 5.49. The molecule has 1 fully saturated rings. The van der Waals surface area contributed by atoms with Crippen LogP contribution in [0.2, 0.25) is 10.0 Å². The number of fused-ring (bicyclic) bond motifs is 1. The van der Waals surface area contributed by atoms with Crippen LogP contribution in [0.25, 0.3) is 11.1 Å². The summed E-state index contributed by atoms with van der Waals surface area (Å²) in [6.07, 6.45) is 1.65. The highest BCUT2D eigenvalue weighted by Gasteiger charge is 2.25. The molecule has 2 aliphatic rings. The minimum Gasteiger partial charge on any atom is -0.508 e. The topological polar surface area (TPSA) is 32.7 Å². The van der Waals surface area contributed by atoms with Crippen LogP contribution in [0.15, 0.2) is 65.6 Å². The lowest BCUT2D eigenvalue weighted by atomic mass is 9.89. The molecule has 0 amide bonds. The molecule has 0 unspecified atom stereocenters. The van der Waals surface area contributed by atoms with Crippen molar-refractivity contribution in [2.75, 3.05) is 32.1 Å². The van der Waals surface area contributed by atoms with Crippen LogP contribution in [0.4, 0.5) is 4.39 Å². The van der Waals surface area contributed by atoms with Crippen LogP contribution in [0.5, 0.6) is 11.5 Å². The molecule has 5 rings (SSSR count). The van der Waals surface area contributed by atoms with E-state index in [2.05, 4.69) is 17.0 Å². The molecule has 0 aliphatic carbocycles. The molecule has 1 N–H and O–H groups in total. The normalized spacial score (nSPS) is 18.1. The number of hydrogen-bond donors (Lipinski definition) is 1. The molecule has 3 aromatic rings. The third-order valence-electron chi connectivity index (χ3n) is 6.45. The Hall–Kier alpha value is -2.18. The second-order valence-electron chi connectivity index (χ2n) is 8.84. The maximum absolute atomic E-state index is 12.5. The summed E-state index contributed by atoms with van der Waals surface area (Å²) in [5.74, 6) is 1.81. The molecule has 0 radical (unpaired) electrons. The van der Waals surface area contributed by atoms with Crippen molar-refractivity contribution < 1.29 is 14.2 Å². The van der Waals surface area contributed by atoms with E-state index in [0.717, 1.165) is 70.3 Å². The second-order valence-corrected chi connectivity index (χ2v) is 10.7. The van der Waals surface area contributed by atoms with Crippen molar-refractivity contribution in [1.82, 2.24) is 4.90 Å². The molecule has 1 atom stereocenters. The van der Waals surface area contributed by atoms with E-state index in [-0.39, 0.29) is 18.5 Å². The van der Waals surface area contributed by atoms with Gasteiger partial charge in [0, 0.05) is 40.3 Å². The number of rotatable bonds is 7. The van der Waals surface area contributed by atoms with Gasteiger partial charge in [0.15, 0.2) is 0 Å². The highest BCUT2D eigenvalue weighted by atomic mass is 35.5. The van der Waals surface area contributed by atoms with Crippen LogP contribution in [-0.2, 0) is 0 Å². The van der Waals surface area contributed by atoms with Crippen LogP contribution >= 0.6 is 35.0 Å². The Labute approximate surface area is 219 Å². The Kier molecular flexibility index (Phi) is 7.59. The highest BCUT2D eigenvalue weighted by molar-refractivity contribution is 7.99. The molecular weight excluding hydrogens is 504 g/mol. The van der Waals surface area contributed by atoms with E-state index >= 15 is 0 Å². The molecule has 7 heteroatoms. The molecule has 0 aromatic heterocycles. The van der Waals surface area contributed by atoms with Gasteiger partial charge in [0.05, 0.1) is 6.67 Å². The third-order valence-corrected chi connectivity index (χ3v) is 8.08. The zero-order valence-corrected chi connectivity index (χ0v) is 21.5. The maximum atomic E-state index is 12.5. The predicted molar refractivity (Wildman–Crippen MR) is 144 cm³/mol. The summed E-state index contributed by atoms with van der Waals surface area (Å²) >= 11 is 14.5. The van der Waals surface area contributed by atoms with E-state index < -0.39 is 0 Å². The smallest absolute Gasteiger partial charge is 0.119 e. The molecular formula is C28H26Cl2FNO2S. The van der Waals surface area contributed by atoms with E-state index in [0.29, 0.717) is 16.5 Å². The number of alkyl halides is 1. The van der Waals surface area contributed by atoms with E-state index in [4.69, 9.17) is 27.9 Å². The fraction of sp³-hybridized carbons (Fsp3) is 0.286. The number of benzene rings is 3. The summed E-state index contributed by atoms with van der Waals surface area (Å²) in [5.41, 5.74) is 5.29. The van der Waals surface area contributed by atoms with Crippen molar-refractivity contribution in [3.05, 3.63) is 87.4 Å². The molecule has 3 nitrogen and oxygen atoms in total. The molecule has 1 saturated heterocycles. The zero-order valence-electron chi connectivity index (χ0n) is 19.1. The van der Waals surface area contributed by atoms with Crippen molar-refractivity contribution >= 4 is 46.1 Å². The van der Waals surface area contributed by atoms with Crippen molar-refractivity contribution in [2.24, 2.45) is 0 Å². The molecule has 2 heterocycles. The minimum absolute atomic E-state index is 0.123. The van der Waals surface area contributed by atoms with Gasteiger partial charge in [-0.3, -0.25) is 9.29 Å². The van der Waals surface area contributed by atoms with Gasteiger partial charge in [-0.05, 0) is 83.1 Å². The van der Waals surface area contributed by atoms with Gasteiger partial charge < -0.3 is 9.84 Å². The first-order valence-electron chi connectivity index (χ1n) is 11.7. The average Bonchev–Trinajstić information content (AvgIpc) is 3.30. The van der Waals surface area contributed by atoms with Crippen LogP contribution in [-0.4, -0.2) is 48.2 Å². The number of phenols is 1. The molecule has 0 saturated carbocycles. The first-order valence-corrected chi connectivity index (χ1v) is 13.5. The van der Waals surface area contributed by atoms with E-state index in [1.165, 1.54) is 0 Å². The van der Waals surface area contributed by atoms with Crippen LogP contribution in [0.1, 0.15) is 29.5 Å². The number of thioether (sulfide) groups is 1. The summed E-state index contributed by atoms with van der Waals surface area (Å²) in [6.45, 7) is 2.29. The van der Waals surface area contributed by atoms with Crippen molar-refractivity contribution in [1.29, 1.82) is 0 Å². The van der Waals surface area contributed by atoms with Crippen LogP contribution in [0.3, 0.4) is 0 Å². The number of nitrogens with zero attached hydrogens (tertiary/aromatic N) is 1. The molecule has 3 aromatic carbocycles. The van der Waals surface area contributed by atoms with Gasteiger partial charge in [0.2, 0.25) is 0 Å². The fourth-order valence-electron chi connectivity index (χ4n) is 4.77. The van der Waals surface area contributed by atoms with Gasteiger partial charge in [0.1, 0.15) is 17.6 Å². The Balaban J connectivity index is 1.46. The van der Waals surface area contributed by atoms with Crippen molar-refractivity contribution in [3.8, 4) is 11.5 Å². The van der Waals surface area contributed by atoms with Gasteiger partial charge >= 0.3 is 0 Å². The number of likely N-dealkylation sites (tertiary alicyclic amines) is 1. The summed E-state index contributed by atoms with van der Waals surface area (Å²) in [4.78, 5) is 3.30. The highest BCUT2D eigenvalue weighted by Crippen LogP contribution is 2.46. The Morgan fingerprint density at radius 3 is 2.60 bits per heavy atom. The van der Waals surface area contributed by atoms with E-state index in [9.17, 15) is 9.50 Å². The van der Waals surface area contributed by atoms with Gasteiger partial charge in [-0.2, -0.15) is 0 Å². The average molecular weight is 530 g/mol. The Morgan fingerprint density at radius 1 is 1.03 bits per heavy atom. The van der Waals surface area contributed by atoms with Gasteiger partial charge in [-0.1, -0.05) is 41.4 Å². The predicted octanol–water partition coefficient (Wildman–Crippen LogP) is 7.58. The van der Waals surface area contributed by atoms with E-state index in [1.54, 1.807) is 23.9 Å². The second kappa shape index (κ2) is 10.8. The van der Waals surface area contributed by atoms with Gasteiger partial charge in [0.25, 0.3) is 0 Å². The minimum atomic E-state index is -0.274. The standard InChI is InChI=1S/C28H26Cl2FNO2S/c29-19-4-8-23(26(30)14-19)25-17-35-27-15-20(33)5-9-24(27)28(25)18-2-6-21(7-3-18)34-22-10-13-32(16-22)12-1-11-31/h2-9,14-15,22,33H,1,10-13,16-17H2/t22-/m0/s1.